The fourth-order valence-corrected chi connectivity index (χ4v) is 3.46. The van der Waals surface area contributed by atoms with Gasteiger partial charge in [-0.2, -0.15) is 0 Å². The Labute approximate surface area is 100 Å². The normalized spacial score (nSPS) is 10.9. The van der Waals surface area contributed by atoms with Crippen molar-refractivity contribution in [2.75, 3.05) is 4.43 Å². The van der Waals surface area contributed by atoms with E-state index in [0.29, 0.717) is 0 Å². The van der Waals surface area contributed by atoms with Gasteiger partial charge in [0.15, 0.2) is 0 Å². The molecule has 0 spiro atoms. The van der Waals surface area contributed by atoms with Gasteiger partial charge in [0.05, 0.1) is 0 Å². The number of alkyl halides is 1. The van der Waals surface area contributed by atoms with Crippen LogP contribution in [0.1, 0.15) is 4.88 Å². The number of benzene rings is 1. The second-order valence-corrected chi connectivity index (χ2v) is 5.52. The SMILES string of the molecule is Clc1ccc2sc(CCI)cc2c1. The lowest BCUT2D eigenvalue weighted by Gasteiger charge is -1.88. The molecule has 0 fully saturated rings. The van der Waals surface area contributed by atoms with Gasteiger partial charge in [-0.3, -0.25) is 0 Å². The summed E-state index contributed by atoms with van der Waals surface area (Å²) in [5.41, 5.74) is 0. The molecule has 0 aliphatic carbocycles. The lowest BCUT2D eigenvalue weighted by molar-refractivity contribution is 1.24. The van der Waals surface area contributed by atoms with E-state index in [1.54, 1.807) is 0 Å². The molecule has 3 heteroatoms. The van der Waals surface area contributed by atoms with Crippen molar-refractivity contribution in [1.29, 1.82) is 0 Å². The van der Waals surface area contributed by atoms with Gasteiger partial charge in [0.2, 0.25) is 0 Å². The summed E-state index contributed by atoms with van der Waals surface area (Å²) in [6.45, 7) is 0. The van der Waals surface area contributed by atoms with E-state index in [2.05, 4.69) is 34.7 Å². The molecule has 2 aromatic rings. The van der Waals surface area contributed by atoms with Crippen LogP contribution in [0.4, 0.5) is 0 Å². The predicted molar refractivity (Wildman–Crippen MR) is 69.4 cm³/mol. The maximum absolute atomic E-state index is 5.91. The van der Waals surface area contributed by atoms with Crippen molar-refractivity contribution in [3.05, 3.63) is 34.2 Å². The Morgan fingerprint density at radius 3 is 2.92 bits per heavy atom. The molecule has 0 atom stereocenters. The Morgan fingerprint density at radius 2 is 2.15 bits per heavy atom. The summed E-state index contributed by atoms with van der Waals surface area (Å²) in [4.78, 5) is 1.45. The van der Waals surface area contributed by atoms with Gasteiger partial charge < -0.3 is 0 Å². The fourth-order valence-electron chi connectivity index (χ4n) is 1.29. The number of halogens is 2. The maximum atomic E-state index is 5.91. The Hall–Kier alpha value is 0.200. The Bertz CT molecular complexity index is 422. The molecule has 1 aromatic heterocycles. The Balaban J connectivity index is 2.49. The van der Waals surface area contributed by atoms with Crippen molar-refractivity contribution in [2.45, 2.75) is 6.42 Å². The van der Waals surface area contributed by atoms with Gasteiger partial charge in [-0.1, -0.05) is 34.2 Å². The first-order valence-corrected chi connectivity index (χ1v) is 6.75. The molecular weight excluding hydrogens is 315 g/mol. The van der Waals surface area contributed by atoms with Crippen LogP contribution < -0.4 is 0 Å². The third-order valence-electron chi connectivity index (χ3n) is 1.87. The summed E-state index contributed by atoms with van der Waals surface area (Å²) < 4.78 is 2.52. The minimum absolute atomic E-state index is 0.825. The second kappa shape index (κ2) is 4.15. The lowest BCUT2D eigenvalue weighted by Crippen LogP contribution is -1.76. The third-order valence-corrected chi connectivity index (χ3v) is 3.82. The molecule has 68 valence electrons. The maximum Gasteiger partial charge on any atom is 0.0412 e. The molecule has 1 heterocycles. The summed E-state index contributed by atoms with van der Waals surface area (Å²) in [5, 5.41) is 2.10. The van der Waals surface area contributed by atoms with Gasteiger partial charge in [0.1, 0.15) is 0 Å². The smallest absolute Gasteiger partial charge is 0.0412 e. The highest BCUT2D eigenvalue weighted by Gasteiger charge is 2.01. The Morgan fingerprint density at radius 1 is 1.31 bits per heavy atom. The molecule has 0 saturated heterocycles. The van der Waals surface area contributed by atoms with E-state index in [1.165, 1.54) is 19.4 Å². The highest BCUT2D eigenvalue weighted by molar-refractivity contribution is 14.1. The number of rotatable bonds is 2. The summed E-state index contributed by atoms with van der Waals surface area (Å²) in [6, 6.07) is 8.32. The number of hydrogen-bond acceptors (Lipinski definition) is 1. The molecular formula is C10H8ClIS. The minimum atomic E-state index is 0.825. The molecule has 0 aliphatic heterocycles. The number of aryl methyl sites for hydroxylation is 1. The fraction of sp³-hybridized carbons (Fsp3) is 0.200. The van der Waals surface area contributed by atoms with Crippen molar-refractivity contribution in [3.63, 3.8) is 0 Å². The quantitative estimate of drug-likeness (QED) is 0.563. The van der Waals surface area contributed by atoms with Crippen LogP contribution in [0.25, 0.3) is 10.1 Å². The standard InChI is InChI=1S/C10H8ClIS/c11-8-1-2-10-7(5-8)6-9(13-10)3-4-12/h1-2,5-6H,3-4H2. The van der Waals surface area contributed by atoms with Gasteiger partial charge in [-0.25, -0.2) is 0 Å². The molecule has 2 rings (SSSR count). The van der Waals surface area contributed by atoms with Crippen LogP contribution in [0.2, 0.25) is 5.02 Å². The number of fused-ring (bicyclic) bond motifs is 1. The van der Waals surface area contributed by atoms with Crippen molar-refractivity contribution in [3.8, 4) is 0 Å². The van der Waals surface area contributed by atoms with Crippen LogP contribution in [0.5, 0.6) is 0 Å². The van der Waals surface area contributed by atoms with Gasteiger partial charge in [0.25, 0.3) is 0 Å². The molecule has 0 aliphatic rings. The van der Waals surface area contributed by atoms with Crippen LogP contribution in [-0.2, 0) is 6.42 Å². The van der Waals surface area contributed by atoms with E-state index in [9.17, 15) is 0 Å². The van der Waals surface area contributed by atoms with Crippen LogP contribution in [-0.4, -0.2) is 4.43 Å². The van der Waals surface area contributed by atoms with Crippen LogP contribution in [0, 0.1) is 0 Å². The molecule has 13 heavy (non-hydrogen) atoms. The predicted octanol–water partition coefficient (Wildman–Crippen LogP) is 4.53. The zero-order valence-corrected chi connectivity index (χ0v) is 10.6. The van der Waals surface area contributed by atoms with Crippen molar-refractivity contribution >= 4 is 55.6 Å². The van der Waals surface area contributed by atoms with Crippen molar-refractivity contribution in [1.82, 2.24) is 0 Å². The van der Waals surface area contributed by atoms with E-state index >= 15 is 0 Å². The van der Waals surface area contributed by atoms with Gasteiger partial charge in [0, 0.05) is 19.0 Å². The molecule has 0 nitrogen and oxygen atoms in total. The average molecular weight is 323 g/mol. The van der Waals surface area contributed by atoms with E-state index in [0.717, 1.165) is 11.4 Å². The van der Waals surface area contributed by atoms with Crippen LogP contribution >= 0.6 is 45.5 Å². The van der Waals surface area contributed by atoms with Crippen molar-refractivity contribution < 1.29 is 0 Å². The number of hydrogen-bond donors (Lipinski definition) is 0. The van der Waals surface area contributed by atoms with Gasteiger partial charge in [-0.05, 0) is 36.1 Å². The highest BCUT2D eigenvalue weighted by atomic mass is 127. The molecule has 0 radical (unpaired) electrons. The minimum Gasteiger partial charge on any atom is -0.140 e. The molecule has 0 saturated carbocycles. The summed E-state index contributed by atoms with van der Waals surface area (Å²) in [6.07, 6.45) is 1.16. The van der Waals surface area contributed by atoms with Crippen LogP contribution in [0.15, 0.2) is 24.3 Å². The highest BCUT2D eigenvalue weighted by Crippen LogP contribution is 2.28. The van der Waals surface area contributed by atoms with Crippen LogP contribution in [0.3, 0.4) is 0 Å². The largest absolute Gasteiger partial charge is 0.140 e. The van der Waals surface area contributed by atoms with Gasteiger partial charge >= 0.3 is 0 Å². The third kappa shape index (κ3) is 2.17. The zero-order chi connectivity index (χ0) is 9.26. The lowest BCUT2D eigenvalue weighted by atomic mass is 10.2. The zero-order valence-electron chi connectivity index (χ0n) is 6.89. The van der Waals surface area contributed by atoms with Crippen molar-refractivity contribution in [2.24, 2.45) is 0 Å². The first-order chi connectivity index (χ1) is 6.29. The summed E-state index contributed by atoms with van der Waals surface area (Å²) in [5.74, 6) is 0. The molecule has 0 amide bonds. The first kappa shape index (κ1) is 9.74. The van der Waals surface area contributed by atoms with Gasteiger partial charge in [-0.15, -0.1) is 11.3 Å². The van der Waals surface area contributed by atoms with E-state index in [4.69, 9.17) is 11.6 Å². The molecule has 1 aromatic carbocycles. The van der Waals surface area contributed by atoms with E-state index in [-0.39, 0.29) is 0 Å². The first-order valence-electron chi connectivity index (χ1n) is 4.03. The molecule has 0 unspecified atom stereocenters. The Kier molecular flexibility index (Phi) is 3.11. The summed E-state index contributed by atoms with van der Waals surface area (Å²) >= 11 is 10.2. The second-order valence-electron chi connectivity index (χ2n) is 2.83. The molecule has 0 bridgehead atoms. The van der Waals surface area contributed by atoms with E-state index < -0.39 is 0 Å². The topological polar surface area (TPSA) is 0 Å². The number of thiophene rings is 1. The average Bonchev–Trinajstić information content (AvgIpc) is 2.46. The molecule has 0 N–H and O–H groups in total. The monoisotopic (exact) mass is 322 g/mol. The summed E-state index contributed by atoms with van der Waals surface area (Å²) in [7, 11) is 0. The van der Waals surface area contributed by atoms with E-state index in [1.807, 2.05) is 23.5 Å².